The first-order valence-corrected chi connectivity index (χ1v) is 10.6. The molecule has 1 unspecified atom stereocenters. The number of ether oxygens (including phenoxy) is 1. The van der Waals surface area contributed by atoms with Crippen LogP contribution >= 0.6 is 0 Å². The molecule has 1 fully saturated rings. The van der Waals surface area contributed by atoms with E-state index in [9.17, 15) is 0 Å². The molecular formula is C16H23NO2Si. The first-order valence-electron chi connectivity index (χ1n) is 7.19. The Balaban J connectivity index is 1.89. The van der Waals surface area contributed by atoms with E-state index in [0.717, 1.165) is 18.7 Å². The summed E-state index contributed by atoms with van der Waals surface area (Å²) in [7, 11) is 0.196. The van der Waals surface area contributed by atoms with Crippen LogP contribution in [0.25, 0.3) is 0 Å². The molecule has 0 amide bonds. The number of nitrogens with zero attached hydrogens (tertiary/aromatic N) is 1. The van der Waals surface area contributed by atoms with E-state index in [2.05, 4.69) is 60.9 Å². The van der Waals surface area contributed by atoms with E-state index in [-0.39, 0.29) is 11.8 Å². The average molecular weight is 289 g/mol. The van der Waals surface area contributed by atoms with Crippen molar-refractivity contribution in [3.8, 4) is 0 Å². The zero-order valence-corrected chi connectivity index (χ0v) is 13.7. The van der Waals surface area contributed by atoms with Gasteiger partial charge in [-0.25, -0.2) is 0 Å². The molecule has 0 saturated carbocycles. The number of benzene rings is 1. The van der Waals surface area contributed by atoms with Crippen molar-refractivity contribution in [2.45, 2.75) is 37.8 Å². The molecule has 3 rings (SSSR count). The first kappa shape index (κ1) is 13.9. The lowest BCUT2D eigenvalue weighted by Crippen LogP contribution is -2.34. The Bertz CT molecular complexity index is 523. The third-order valence-electron chi connectivity index (χ3n) is 3.97. The monoisotopic (exact) mass is 289 g/mol. The van der Waals surface area contributed by atoms with Crippen molar-refractivity contribution in [2.24, 2.45) is 0 Å². The summed E-state index contributed by atoms with van der Waals surface area (Å²) >= 11 is 0. The van der Waals surface area contributed by atoms with Gasteiger partial charge in [-0.2, -0.15) is 0 Å². The van der Waals surface area contributed by atoms with E-state index in [1.165, 1.54) is 5.56 Å². The van der Waals surface area contributed by atoms with E-state index in [1.807, 2.05) is 0 Å². The summed E-state index contributed by atoms with van der Waals surface area (Å²) in [6.07, 6.45) is 3.14. The van der Waals surface area contributed by atoms with Gasteiger partial charge in [-0.1, -0.05) is 30.3 Å². The van der Waals surface area contributed by atoms with Crippen LogP contribution in [0.1, 0.15) is 12.0 Å². The molecule has 3 atom stereocenters. The Morgan fingerprint density at radius 2 is 1.90 bits per heavy atom. The third-order valence-corrected chi connectivity index (χ3v) is 4.85. The summed E-state index contributed by atoms with van der Waals surface area (Å²) in [6.45, 7) is 7.73. The minimum atomic E-state index is -1.57. The van der Waals surface area contributed by atoms with Gasteiger partial charge in [-0.05, 0) is 31.3 Å². The summed E-state index contributed by atoms with van der Waals surface area (Å²) < 4.78 is 11.9. The van der Waals surface area contributed by atoms with Gasteiger partial charge in [0.1, 0.15) is 6.23 Å². The number of hydrogen-bond acceptors (Lipinski definition) is 3. The lowest BCUT2D eigenvalue weighted by Gasteiger charge is -2.32. The largest absolute Gasteiger partial charge is 0.547 e. The lowest BCUT2D eigenvalue weighted by molar-refractivity contribution is 0.0358. The number of rotatable bonds is 4. The van der Waals surface area contributed by atoms with E-state index in [0.29, 0.717) is 0 Å². The highest BCUT2D eigenvalue weighted by Gasteiger charge is 2.59. The maximum absolute atomic E-state index is 6.25. The predicted octanol–water partition coefficient (Wildman–Crippen LogP) is 3.31. The second-order valence-corrected chi connectivity index (χ2v) is 11.1. The maximum atomic E-state index is 6.25. The molecule has 1 saturated heterocycles. The molecular weight excluding hydrogens is 266 g/mol. The van der Waals surface area contributed by atoms with Gasteiger partial charge in [-0.3, -0.25) is 4.90 Å². The minimum Gasteiger partial charge on any atom is -0.547 e. The quantitative estimate of drug-likeness (QED) is 0.627. The fourth-order valence-electron chi connectivity index (χ4n) is 3.10. The lowest BCUT2D eigenvalue weighted by atomic mass is 9.93. The van der Waals surface area contributed by atoms with Crippen molar-refractivity contribution < 1.29 is 9.16 Å². The van der Waals surface area contributed by atoms with E-state index in [4.69, 9.17) is 9.16 Å². The van der Waals surface area contributed by atoms with Crippen LogP contribution in [-0.4, -0.2) is 33.1 Å². The number of methoxy groups -OCH3 is 1. The Hall–Kier alpha value is -1.10. The van der Waals surface area contributed by atoms with E-state index < -0.39 is 8.32 Å². The normalized spacial score (nSPS) is 32.3. The molecule has 0 bridgehead atoms. The molecule has 2 heterocycles. The highest BCUT2D eigenvalue weighted by Crippen LogP contribution is 2.52. The van der Waals surface area contributed by atoms with Gasteiger partial charge < -0.3 is 9.16 Å². The molecule has 0 N–H and O–H groups in total. The van der Waals surface area contributed by atoms with Crippen LogP contribution in [0.15, 0.2) is 42.2 Å². The Labute approximate surface area is 122 Å². The van der Waals surface area contributed by atoms with Crippen molar-refractivity contribution in [3.63, 3.8) is 0 Å². The second kappa shape index (κ2) is 4.72. The van der Waals surface area contributed by atoms with Crippen molar-refractivity contribution in [2.75, 3.05) is 13.7 Å². The fourth-order valence-corrected chi connectivity index (χ4v) is 4.03. The van der Waals surface area contributed by atoms with Crippen molar-refractivity contribution >= 4 is 8.32 Å². The molecule has 108 valence electrons. The summed E-state index contributed by atoms with van der Waals surface area (Å²) in [5.41, 5.74) is 1.46. The van der Waals surface area contributed by atoms with Gasteiger partial charge in [0, 0.05) is 20.1 Å². The molecule has 1 aromatic rings. The van der Waals surface area contributed by atoms with Gasteiger partial charge in [0.25, 0.3) is 0 Å². The van der Waals surface area contributed by atoms with Gasteiger partial charge in [0.05, 0.1) is 11.3 Å². The second-order valence-electron chi connectivity index (χ2n) is 6.68. The van der Waals surface area contributed by atoms with Crippen LogP contribution in [0.4, 0.5) is 0 Å². The summed E-state index contributed by atoms with van der Waals surface area (Å²) in [6, 6.07) is 10.7. The topological polar surface area (TPSA) is 21.5 Å². The average Bonchev–Trinajstić information content (AvgIpc) is 3.12. The molecule has 0 radical (unpaired) electrons. The van der Waals surface area contributed by atoms with Crippen LogP contribution in [0, 0.1) is 0 Å². The zero-order chi connectivity index (χ0) is 14.4. The van der Waals surface area contributed by atoms with Gasteiger partial charge in [0.2, 0.25) is 8.32 Å². The number of hydrogen-bond donors (Lipinski definition) is 0. The van der Waals surface area contributed by atoms with E-state index in [1.54, 1.807) is 7.11 Å². The molecule has 0 spiro atoms. The standard InChI is InChI=1S/C16H23NO2Si/c1-18-15-10-14(19-20(2,3)4)11-16(12-17(15)16)13-8-6-5-7-9-13/h5-10,15H,11-12H2,1-4H3/t15-,16-,17?/m0/s1. The molecule has 2 aliphatic rings. The highest BCUT2D eigenvalue weighted by molar-refractivity contribution is 6.70. The van der Waals surface area contributed by atoms with E-state index >= 15 is 0 Å². The Morgan fingerprint density at radius 1 is 1.20 bits per heavy atom. The Morgan fingerprint density at radius 3 is 2.50 bits per heavy atom. The molecule has 1 aromatic carbocycles. The van der Waals surface area contributed by atoms with Crippen LogP contribution < -0.4 is 0 Å². The van der Waals surface area contributed by atoms with Crippen LogP contribution in [0.2, 0.25) is 19.6 Å². The Kier molecular flexibility index (Phi) is 3.27. The van der Waals surface area contributed by atoms with Gasteiger partial charge in [0.15, 0.2) is 0 Å². The minimum absolute atomic E-state index is 0.0373. The maximum Gasteiger partial charge on any atom is 0.241 e. The summed E-state index contributed by atoms with van der Waals surface area (Å²) in [5, 5.41) is 0. The molecule has 0 aromatic heterocycles. The molecule has 2 aliphatic heterocycles. The number of fused-ring (bicyclic) bond motifs is 1. The van der Waals surface area contributed by atoms with Crippen molar-refractivity contribution in [1.82, 2.24) is 4.90 Å². The molecule has 20 heavy (non-hydrogen) atoms. The first-order chi connectivity index (χ1) is 9.44. The van der Waals surface area contributed by atoms with Crippen LogP contribution in [0.3, 0.4) is 0 Å². The predicted molar refractivity (Wildman–Crippen MR) is 82.8 cm³/mol. The summed E-state index contributed by atoms with van der Waals surface area (Å²) in [4.78, 5) is 2.40. The van der Waals surface area contributed by atoms with Crippen LogP contribution in [0.5, 0.6) is 0 Å². The van der Waals surface area contributed by atoms with Crippen molar-refractivity contribution in [3.05, 3.63) is 47.7 Å². The van der Waals surface area contributed by atoms with Crippen molar-refractivity contribution in [1.29, 1.82) is 0 Å². The molecule has 0 aliphatic carbocycles. The van der Waals surface area contributed by atoms with Gasteiger partial charge >= 0.3 is 0 Å². The summed E-state index contributed by atoms with van der Waals surface area (Å²) in [5.74, 6) is 1.11. The van der Waals surface area contributed by atoms with Gasteiger partial charge in [-0.15, -0.1) is 0 Å². The fraction of sp³-hybridized carbons (Fsp3) is 0.500. The molecule has 4 heteroatoms. The smallest absolute Gasteiger partial charge is 0.241 e. The molecule has 3 nitrogen and oxygen atoms in total. The zero-order valence-electron chi connectivity index (χ0n) is 12.7. The van der Waals surface area contributed by atoms with Crippen LogP contribution in [-0.2, 0) is 14.7 Å². The SMILES string of the molecule is CO[C@H]1C=C(O[Si](C)(C)C)C[C@@]2(c3ccccc3)CN12. The highest BCUT2D eigenvalue weighted by atomic mass is 28.4. The third kappa shape index (κ3) is 2.43.